The van der Waals surface area contributed by atoms with Gasteiger partial charge in [0.05, 0.1) is 18.9 Å². The van der Waals surface area contributed by atoms with Gasteiger partial charge in [0, 0.05) is 44.1 Å². The van der Waals surface area contributed by atoms with Gasteiger partial charge in [0.15, 0.2) is 0 Å². The van der Waals surface area contributed by atoms with Gasteiger partial charge in [-0.3, -0.25) is 14.6 Å². The predicted octanol–water partition coefficient (Wildman–Crippen LogP) is 0.861. The summed E-state index contributed by atoms with van der Waals surface area (Å²) in [6.45, 7) is 1.65. The average molecular weight is 354 g/mol. The van der Waals surface area contributed by atoms with Gasteiger partial charge >= 0.3 is 5.97 Å². The summed E-state index contributed by atoms with van der Waals surface area (Å²) in [4.78, 5) is 47.9. The monoisotopic (exact) mass is 354 g/mol. The van der Waals surface area contributed by atoms with E-state index in [1.807, 2.05) is 0 Å². The molecule has 1 aliphatic rings. The molecular formula is C18H18N4O4. The molecule has 1 aliphatic heterocycles. The van der Waals surface area contributed by atoms with E-state index in [4.69, 9.17) is 0 Å². The summed E-state index contributed by atoms with van der Waals surface area (Å²) < 4.78 is 4.68. The van der Waals surface area contributed by atoms with E-state index in [0.717, 1.165) is 0 Å². The zero-order chi connectivity index (χ0) is 18.5. The Morgan fingerprint density at radius 1 is 0.962 bits per heavy atom. The van der Waals surface area contributed by atoms with Crippen molar-refractivity contribution in [3.63, 3.8) is 0 Å². The molecule has 0 saturated carbocycles. The van der Waals surface area contributed by atoms with Crippen molar-refractivity contribution >= 4 is 17.8 Å². The van der Waals surface area contributed by atoms with Crippen molar-refractivity contribution in [3.8, 4) is 0 Å². The van der Waals surface area contributed by atoms with Gasteiger partial charge < -0.3 is 14.5 Å². The maximum atomic E-state index is 12.7. The van der Waals surface area contributed by atoms with E-state index in [2.05, 4.69) is 14.7 Å². The minimum atomic E-state index is -0.487. The second-order valence-corrected chi connectivity index (χ2v) is 5.75. The summed E-state index contributed by atoms with van der Waals surface area (Å²) in [5, 5.41) is 0. The van der Waals surface area contributed by atoms with Gasteiger partial charge in [-0.2, -0.15) is 0 Å². The van der Waals surface area contributed by atoms with Crippen molar-refractivity contribution in [2.75, 3.05) is 33.3 Å². The van der Waals surface area contributed by atoms with E-state index in [0.29, 0.717) is 37.3 Å². The number of hydrogen-bond acceptors (Lipinski definition) is 6. The zero-order valence-corrected chi connectivity index (χ0v) is 14.3. The minimum absolute atomic E-state index is 0.178. The Morgan fingerprint density at radius 2 is 1.62 bits per heavy atom. The summed E-state index contributed by atoms with van der Waals surface area (Å²) in [6.07, 6.45) is 4.41. The van der Waals surface area contributed by atoms with Crippen LogP contribution in [-0.2, 0) is 4.74 Å². The highest BCUT2D eigenvalue weighted by atomic mass is 16.5. The summed E-state index contributed by atoms with van der Waals surface area (Å²) in [7, 11) is 1.30. The second kappa shape index (κ2) is 7.73. The number of aromatic nitrogens is 2. The van der Waals surface area contributed by atoms with E-state index in [-0.39, 0.29) is 17.5 Å². The van der Waals surface area contributed by atoms with Crippen molar-refractivity contribution in [1.82, 2.24) is 19.8 Å². The molecule has 1 aromatic carbocycles. The Morgan fingerprint density at radius 3 is 2.23 bits per heavy atom. The fourth-order valence-corrected chi connectivity index (χ4v) is 2.76. The fourth-order valence-electron chi connectivity index (χ4n) is 2.76. The molecule has 0 radical (unpaired) electrons. The molecule has 134 valence electrons. The standard InChI is InChI=1S/C18H18N4O4/c1-26-18(25)14-4-2-3-13(11-14)16(23)21-7-9-22(10-8-21)17(24)15-12-19-5-6-20-15/h2-6,11-12H,7-10H2,1H3. The van der Waals surface area contributed by atoms with Crippen molar-refractivity contribution in [2.24, 2.45) is 0 Å². The topological polar surface area (TPSA) is 92.7 Å². The Labute approximate surface area is 150 Å². The number of esters is 1. The first-order chi connectivity index (χ1) is 12.6. The van der Waals surface area contributed by atoms with Crippen LogP contribution in [0.4, 0.5) is 0 Å². The number of methoxy groups -OCH3 is 1. The summed E-state index contributed by atoms with van der Waals surface area (Å²) in [6, 6.07) is 6.42. The van der Waals surface area contributed by atoms with Crippen LogP contribution < -0.4 is 0 Å². The van der Waals surface area contributed by atoms with Crippen molar-refractivity contribution in [2.45, 2.75) is 0 Å². The highest BCUT2D eigenvalue weighted by Crippen LogP contribution is 2.13. The number of ether oxygens (including phenoxy) is 1. The Hall–Kier alpha value is -3.29. The van der Waals surface area contributed by atoms with Gasteiger partial charge in [0.25, 0.3) is 11.8 Å². The Bertz CT molecular complexity index is 817. The number of rotatable bonds is 3. The van der Waals surface area contributed by atoms with Crippen LogP contribution in [0, 0.1) is 0 Å². The van der Waals surface area contributed by atoms with Gasteiger partial charge in [-0.1, -0.05) is 6.07 Å². The molecule has 1 aromatic heterocycles. The van der Waals surface area contributed by atoms with Crippen LogP contribution in [0.1, 0.15) is 31.2 Å². The van der Waals surface area contributed by atoms with E-state index in [1.165, 1.54) is 31.8 Å². The van der Waals surface area contributed by atoms with Crippen LogP contribution in [0.5, 0.6) is 0 Å². The smallest absolute Gasteiger partial charge is 0.337 e. The molecule has 0 bridgehead atoms. The number of benzene rings is 1. The van der Waals surface area contributed by atoms with E-state index in [1.54, 1.807) is 28.0 Å². The lowest BCUT2D eigenvalue weighted by Gasteiger charge is -2.34. The van der Waals surface area contributed by atoms with Crippen LogP contribution in [0.3, 0.4) is 0 Å². The molecular weight excluding hydrogens is 336 g/mol. The van der Waals surface area contributed by atoms with Crippen LogP contribution in [0.2, 0.25) is 0 Å². The van der Waals surface area contributed by atoms with Crippen LogP contribution >= 0.6 is 0 Å². The molecule has 0 N–H and O–H groups in total. The molecule has 0 unspecified atom stereocenters. The number of hydrogen-bond donors (Lipinski definition) is 0. The van der Waals surface area contributed by atoms with Crippen molar-refractivity contribution < 1.29 is 19.1 Å². The third kappa shape index (κ3) is 3.69. The van der Waals surface area contributed by atoms with Gasteiger partial charge in [-0.25, -0.2) is 9.78 Å². The molecule has 8 heteroatoms. The lowest BCUT2D eigenvalue weighted by molar-refractivity contribution is 0.0531. The first kappa shape index (κ1) is 17.5. The fraction of sp³-hybridized carbons (Fsp3) is 0.278. The maximum Gasteiger partial charge on any atom is 0.337 e. The second-order valence-electron chi connectivity index (χ2n) is 5.75. The molecule has 0 atom stereocenters. The molecule has 0 spiro atoms. The quantitative estimate of drug-likeness (QED) is 0.759. The molecule has 1 fully saturated rings. The molecule has 8 nitrogen and oxygen atoms in total. The Balaban J connectivity index is 1.64. The summed E-state index contributed by atoms with van der Waals surface area (Å²) in [5.41, 5.74) is 1.04. The third-order valence-electron chi connectivity index (χ3n) is 4.17. The molecule has 1 saturated heterocycles. The first-order valence-corrected chi connectivity index (χ1v) is 8.13. The van der Waals surface area contributed by atoms with Gasteiger partial charge in [-0.15, -0.1) is 0 Å². The van der Waals surface area contributed by atoms with Gasteiger partial charge in [0.2, 0.25) is 0 Å². The lowest BCUT2D eigenvalue weighted by atomic mass is 10.1. The minimum Gasteiger partial charge on any atom is -0.465 e. The SMILES string of the molecule is COC(=O)c1cccc(C(=O)N2CCN(C(=O)c3cnccn3)CC2)c1. The average Bonchev–Trinajstić information content (AvgIpc) is 2.73. The first-order valence-electron chi connectivity index (χ1n) is 8.13. The number of nitrogens with zero attached hydrogens (tertiary/aromatic N) is 4. The number of carbonyl (C=O) groups is 3. The molecule has 2 heterocycles. The van der Waals surface area contributed by atoms with Crippen LogP contribution in [0.25, 0.3) is 0 Å². The third-order valence-corrected chi connectivity index (χ3v) is 4.17. The summed E-state index contributed by atoms with van der Waals surface area (Å²) in [5.74, 6) is -0.862. The zero-order valence-electron chi connectivity index (χ0n) is 14.3. The highest BCUT2D eigenvalue weighted by molar-refractivity contribution is 5.98. The largest absolute Gasteiger partial charge is 0.465 e. The molecule has 2 amide bonds. The normalized spacial score (nSPS) is 14.0. The summed E-state index contributed by atoms with van der Waals surface area (Å²) >= 11 is 0. The van der Waals surface area contributed by atoms with Crippen LogP contribution in [-0.4, -0.2) is 70.8 Å². The Kier molecular flexibility index (Phi) is 5.21. The van der Waals surface area contributed by atoms with E-state index in [9.17, 15) is 14.4 Å². The molecule has 2 aromatic rings. The lowest BCUT2D eigenvalue weighted by Crippen LogP contribution is -2.50. The van der Waals surface area contributed by atoms with Gasteiger partial charge in [-0.05, 0) is 18.2 Å². The number of carbonyl (C=O) groups excluding carboxylic acids is 3. The number of piperazine rings is 1. The van der Waals surface area contributed by atoms with Crippen molar-refractivity contribution in [3.05, 3.63) is 59.7 Å². The van der Waals surface area contributed by atoms with E-state index >= 15 is 0 Å². The van der Waals surface area contributed by atoms with Crippen LogP contribution in [0.15, 0.2) is 42.9 Å². The predicted molar refractivity (Wildman–Crippen MR) is 91.6 cm³/mol. The molecule has 0 aliphatic carbocycles. The molecule has 3 rings (SSSR count). The maximum absolute atomic E-state index is 12.7. The van der Waals surface area contributed by atoms with Gasteiger partial charge in [0.1, 0.15) is 5.69 Å². The van der Waals surface area contributed by atoms with E-state index < -0.39 is 5.97 Å². The number of amides is 2. The molecule has 26 heavy (non-hydrogen) atoms. The van der Waals surface area contributed by atoms with Crippen molar-refractivity contribution in [1.29, 1.82) is 0 Å². The highest BCUT2D eigenvalue weighted by Gasteiger charge is 2.26.